The van der Waals surface area contributed by atoms with Crippen LogP contribution < -0.4 is 0 Å². The minimum atomic E-state index is 0.514. The van der Waals surface area contributed by atoms with Crippen molar-refractivity contribution in [3.8, 4) is 0 Å². The number of hydrogen-bond acceptors (Lipinski definition) is 2. The molecule has 0 saturated carbocycles. The summed E-state index contributed by atoms with van der Waals surface area (Å²) in [5.41, 5.74) is 6.78. The molecule has 100 valence electrons. The van der Waals surface area contributed by atoms with E-state index in [4.69, 9.17) is 4.98 Å². The molecule has 0 bridgehead atoms. The van der Waals surface area contributed by atoms with E-state index in [1.165, 1.54) is 41.2 Å². The average Bonchev–Trinajstić information content (AvgIpc) is 2.26. The summed E-state index contributed by atoms with van der Waals surface area (Å²) in [5.74, 6) is 1.38. The van der Waals surface area contributed by atoms with Gasteiger partial charge in [0.25, 0.3) is 0 Å². The summed E-state index contributed by atoms with van der Waals surface area (Å²) in [6.45, 7) is 17.0. The quantitative estimate of drug-likeness (QED) is 0.810. The van der Waals surface area contributed by atoms with Crippen LogP contribution in [0.2, 0.25) is 0 Å². The summed E-state index contributed by atoms with van der Waals surface area (Å²) in [6, 6.07) is 0. The number of hydrogen-bond donors (Lipinski definition) is 0. The highest BCUT2D eigenvalue weighted by Gasteiger charge is 2.24. The Bertz CT molecular complexity index is 443. The second kappa shape index (κ2) is 5.00. The van der Waals surface area contributed by atoms with Crippen molar-refractivity contribution in [3.05, 3.63) is 28.1 Å². The van der Waals surface area contributed by atoms with Gasteiger partial charge < -0.3 is 0 Å². The van der Waals surface area contributed by atoms with Gasteiger partial charge in [-0.05, 0) is 49.3 Å². The van der Waals surface area contributed by atoms with Gasteiger partial charge in [0.2, 0.25) is 0 Å². The molecular formula is C16H26N2. The fraction of sp³-hybridized carbons (Fsp3) is 0.688. The Morgan fingerprint density at radius 3 is 2.28 bits per heavy atom. The number of aromatic nitrogens is 1. The zero-order valence-electron chi connectivity index (χ0n) is 12.7. The van der Waals surface area contributed by atoms with E-state index in [1.54, 1.807) is 0 Å². The van der Waals surface area contributed by atoms with Gasteiger partial charge in [0.1, 0.15) is 0 Å². The van der Waals surface area contributed by atoms with Crippen molar-refractivity contribution in [2.45, 2.75) is 54.0 Å². The number of rotatable bonds is 3. The maximum atomic E-state index is 4.84. The monoisotopic (exact) mass is 246 g/mol. The molecule has 1 aromatic rings. The lowest BCUT2D eigenvalue weighted by Crippen LogP contribution is -2.44. The van der Waals surface area contributed by atoms with Crippen molar-refractivity contribution in [1.29, 1.82) is 0 Å². The molecule has 0 aromatic carbocycles. The lowest BCUT2D eigenvalue weighted by atomic mass is 9.94. The SMILES string of the molecule is Cc1nc(C(C)C)c(C)c(C)c1CN1CC(C)C1. The molecule has 1 aliphatic heterocycles. The predicted octanol–water partition coefficient (Wildman–Crippen LogP) is 3.58. The van der Waals surface area contributed by atoms with Crippen LogP contribution >= 0.6 is 0 Å². The highest BCUT2D eigenvalue weighted by atomic mass is 15.2. The van der Waals surface area contributed by atoms with Crippen molar-refractivity contribution >= 4 is 0 Å². The summed E-state index contributed by atoms with van der Waals surface area (Å²) in [5, 5.41) is 0. The summed E-state index contributed by atoms with van der Waals surface area (Å²) < 4.78 is 0. The highest BCUT2D eigenvalue weighted by molar-refractivity contribution is 5.39. The van der Waals surface area contributed by atoms with Crippen LogP contribution in [0.15, 0.2) is 0 Å². The van der Waals surface area contributed by atoms with E-state index < -0.39 is 0 Å². The molecule has 0 aliphatic carbocycles. The third-order valence-corrected chi connectivity index (χ3v) is 4.19. The van der Waals surface area contributed by atoms with E-state index in [0.717, 1.165) is 12.5 Å². The smallest absolute Gasteiger partial charge is 0.0464 e. The zero-order valence-corrected chi connectivity index (χ0v) is 12.7. The fourth-order valence-corrected chi connectivity index (χ4v) is 3.00. The Kier molecular flexibility index (Phi) is 3.76. The lowest BCUT2D eigenvalue weighted by molar-refractivity contribution is 0.104. The largest absolute Gasteiger partial charge is 0.298 e. The van der Waals surface area contributed by atoms with Gasteiger partial charge in [-0.3, -0.25) is 9.88 Å². The van der Waals surface area contributed by atoms with Crippen molar-refractivity contribution in [1.82, 2.24) is 9.88 Å². The van der Waals surface area contributed by atoms with E-state index in [1.807, 2.05) is 0 Å². The first kappa shape index (κ1) is 13.5. The molecule has 0 amide bonds. The third kappa shape index (κ3) is 2.44. The van der Waals surface area contributed by atoms with E-state index in [9.17, 15) is 0 Å². The first-order valence-corrected chi connectivity index (χ1v) is 7.09. The molecule has 1 fully saturated rings. The molecule has 2 nitrogen and oxygen atoms in total. The standard InChI is InChI=1S/C16H26N2/c1-10(2)16-13(5)12(4)15(14(6)17-16)9-18-7-11(3)8-18/h10-11H,7-9H2,1-6H3. The minimum absolute atomic E-state index is 0.514. The Balaban J connectivity index is 2.28. The number of pyridine rings is 1. The van der Waals surface area contributed by atoms with Crippen LogP contribution in [-0.4, -0.2) is 23.0 Å². The molecule has 2 rings (SSSR count). The van der Waals surface area contributed by atoms with E-state index >= 15 is 0 Å². The van der Waals surface area contributed by atoms with Crippen LogP contribution in [-0.2, 0) is 6.54 Å². The molecule has 2 heterocycles. The first-order chi connectivity index (χ1) is 8.40. The molecule has 1 aromatic heterocycles. The molecule has 18 heavy (non-hydrogen) atoms. The van der Waals surface area contributed by atoms with Gasteiger partial charge in [-0.1, -0.05) is 20.8 Å². The molecule has 0 N–H and O–H groups in total. The Morgan fingerprint density at radius 1 is 1.17 bits per heavy atom. The summed E-state index contributed by atoms with van der Waals surface area (Å²) >= 11 is 0. The van der Waals surface area contributed by atoms with Gasteiger partial charge in [0.05, 0.1) is 0 Å². The number of likely N-dealkylation sites (tertiary alicyclic amines) is 1. The van der Waals surface area contributed by atoms with Crippen LogP contribution in [0.3, 0.4) is 0 Å². The molecule has 0 radical (unpaired) electrons. The topological polar surface area (TPSA) is 16.1 Å². The van der Waals surface area contributed by atoms with E-state index in [-0.39, 0.29) is 0 Å². The molecule has 1 saturated heterocycles. The van der Waals surface area contributed by atoms with Gasteiger partial charge >= 0.3 is 0 Å². The van der Waals surface area contributed by atoms with E-state index in [0.29, 0.717) is 5.92 Å². The second-order valence-corrected chi connectivity index (χ2v) is 6.26. The first-order valence-electron chi connectivity index (χ1n) is 7.09. The minimum Gasteiger partial charge on any atom is -0.298 e. The molecule has 2 heteroatoms. The third-order valence-electron chi connectivity index (χ3n) is 4.19. The van der Waals surface area contributed by atoms with Crippen LogP contribution in [0.4, 0.5) is 0 Å². The van der Waals surface area contributed by atoms with Gasteiger partial charge in [-0.25, -0.2) is 0 Å². The van der Waals surface area contributed by atoms with Crippen LogP contribution in [0, 0.1) is 26.7 Å². The Labute approximate surface area is 111 Å². The van der Waals surface area contributed by atoms with Crippen LogP contribution in [0.5, 0.6) is 0 Å². The highest BCUT2D eigenvalue weighted by Crippen LogP contribution is 2.27. The maximum absolute atomic E-state index is 4.84. The summed E-state index contributed by atoms with van der Waals surface area (Å²) in [7, 11) is 0. The van der Waals surface area contributed by atoms with Gasteiger partial charge in [-0.15, -0.1) is 0 Å². The Hall–Kier alpha value is -0.890. The molecule has 0 spiro atoms. The lowest BCUT2D eigenvalue weighted by Gasteiger charge is -2.38. The average molecular weight is 246 g/mol. The summed E-state index contributed by atoms with van der Waals surface area (Å²) in [4.78, 5) is 7.36. The molecule has 1 aliphatic rings. The predicted molar refractivity (Wildman–Crippen MR) is 77.0 cm³/mol. The van der Waals surface area contributed by atoms with Crippen molar-refractivity contribution in [2.75, 3.05) is 13.1 Å². The molecule has 0 unspecified atom stereocenters. The molecule has 0 atom stereocenters. The summed E-state index contributed by atoms with van der Waals surface area (Å²) in [6.07, 6.45) is 0. The van der Waals surface area contributed by atoms with Crippen molar-refractivity contribution in [2.24, 2.45) is 5.92 Å². The number of nitrogens with zero attached hydrogens (tertiary/aromatic N) is 2. The fourth-order valence-electron chi connectivity index (χ4n) is 3.00. The van der Waals surface area contributed by atoms with Gasteiger partial charge in [-0.2, -0.15) is 0 Å². The normalized spacial score (nSPS) is 17.3. The van der Waals surface area contributed by atoms with Crippen molar-refractivity contribution < 1.29 is 0 Å². The molecular weight excluding hydrogens is 220 g/mol. The zero-order chi connectivity index (χ0) is 13.4. The van der Waals surface area contributed by atoms with Crippen molar-refractivity contribution in [3.63, 3.8) is 0 Å². The van der Waals surface area contributed by atoms with Gasteiger partial charge in [0.15, 0.2) is 0 Å². The maximum Gasteiger partial charge on any atom is 0.0464 e. The number of aryl methyl sites for hydroxylation is 1. The van der Waals surface area contributed by atoms with Crippen LogP contribution in [0.1, 0.15) is 54.8 Å². The Morgan fingerprint density at radius 2 is 1.78 bits per heavy atom. The van der Waals surface area contributed by atoms with Gasteiger partial charge in [0, 0.05) is 31.0 Å². The second-order valence-electron chi connectivity index (χ2n) is 6.26. The van der Waals surface area contributed by atoms with Crippen LogP contribution in [0.25, 0.3) is 0 Å². The van der Waals surface area contributed by atoms with E-state index in [2.05, 4.69) is 46.4 Å².